The maximum atomic E-state index is 12.6. The molecule has 0 aromatic heterocycles. The molecule has 0 aliphatic heterocycles. The van der Waals surface area contributed by atoms with Gasteiger partial charge in [-0.05, 0) is 60.5 Å². The van der Waals surface area contributed by atoms with Crippen molar-refractivity contribution in [3.63, 3.8) is 0 Å². The highest BCUT2D eigenvalue weighted by molar-refractivity contribution is 5.92. The summed E-state index contributed by atoms with van der Waals surface area (Å²) < 4.78 is 20.8. The molecule has 9 nitrogen and oxygen atoms in total. The van der Waals surface area contributed by atoms with Crippen LogP contribution < -0.4 is 14.2 Å². The normalized spacial score (nSPS) is 10.2. The van der Waals surface area contributed by atoms with Crippen molar-refractivity contribution in [2.45, 2.75) is 6.92 Å². The van der Waals surface area contributed by atoms with E-state index in [1.54, 1.807) is 56.5 Å². The first-order valence-corrected chi connectivity index (χ1v) is 10.5. The number of methoxy groups -OCH3 is 1. The minimum absolute atomic E-state index is 0.0473. The number of carbonyl (C=O) groups is 2. The molecule has 0 atom stereocenters. The van der Waals surface area contributed by atoms with Crippen LogP contribution in [0.1, 0.15) is 17.3 Å². The SMILES string of the molecule is C=C(C)C(=O)OCCOc1ccc(C(=O)Oc2ccc(-c3ccc(OC)cc3)cc2[N+](=O)[O-])cc1. The Morgan fingerprint density at radius 1 is 0.914 bits per heavy atom. The van der Waals surface area contributed by atoms with Gasteiger partial charge in [0.1, 0.15) is 24.7 Å². The molecule has 0 unspecified atom stereocenters. The molecule has 9 heteroatoms. The molecule has 0 aliphatic carbocycles. The lowest BCUT2D eigenvalue weighted by atomic mass is 10.0. The Morgan fingerprint density at radius 2 is 1.54 bits per heavy atom. The average Bonchev–Trinajstić information content (AvgIpc) is 2.86. The van der Waals surface area contributed by atoms with Crippen LogP contribution in [0.4, 0.5) is 5.69 Å². The van der Waals surface area contributed by atoms with Crippen molar-refractivity contribution in [1.82, 2.24) is 0 Å². The van der Waals surface area contributed by atoms with Gasteiger partial charge in [0.05, 0.1) is 17.6 Å². The van der Waals surface area contributed by atoms with Crippen LogP contribution in [0.15, 0.2) is 78.9 Å². The largest absolute Gasteiger partial charge is 0.497 e. The van der Waals surface area contributed by atoms with E-state index in [0.717, 1.165) is 5.56 Å². The van der Waals surface area contributed by atoms with Gasteiger partial charge in [-0.15, -0.1) is 0 Å². The van der Waals surface area contributed by atoms with Crippen LogP contribution in [-0.4, -0.2) is 37.2 Å². The standard InChI is InChI=1S/C26H23NO8/c1-17(2)25(28)34-15-14-33-22-11-6-19(7-12-22)26(29)35-24-13-8-20(16-23(24)27(30)31)18-4-9-21(32-3)10-5-18/h4-13,16H,1,14-15H2,2-3H3. The van der Waals surface area contributed by atoms with E-state index in [4.69, 9.17) is 18.9 Å². The van der Waals surface area contributed by atoms with Crippen LogP contribution in [0.3, 0.4) is 0 Å². The first-order valence-electron chi connectivity index (χ1n) is 10.5. The fourth-order valence-electron chi connectivity index (χ4n) is 2.97. The van der Waals surface area contributed by atoms with Gasteiger partial charge < -0.3 is 18.9 Å². The van der Waals surface area contributed by atoms with Gasteiger partial charge in [0.2, 0.25) is 5.75 Å². The number of benzene rings is 3. The third kappa shape index (κ3) is 6.67. The number of esters is 2. The Bertz CT molecular complexity index is 1230. The van der Waals surface area contributed by atoms with Crippen molar-refractivity contribution < 1.29 is 33.5 Å². The van der Waals surface area contributed by atoms with Gasteiger partial charge in [0.25, 0.3) is 0 Å². The molecule has 0 bridgehead atoms. The highest BCUT2D eigenvalue weighted by atomic mass is 16.6. The smallest absolute Gasteiger partial charge is 0.343 e. The maximum Gasteiger partial charge on any atom is 0.343 e. The fourth-order valence-corrected chi connectivity index (χ4v) is 2.97. The summed E-state index contributed by atoms with van der Waals surface area (Å²) in [6.07, 6.45) is 0. The molecule has 3 aromatic rings. The number of hydrogen-bond donors (Lipinski definition) is 0. The van der Waals surface area contributed by atoms with Gasteiger partial charge in [-0.25, -0.2) is 9.59 Å². The molecule has 0 N–H and O–H groups in total. The van der Waals surface area contributed by atoms with Gasteiger partial charge in [-0.1, -0.05) is 24.8 Å². The zero-order chi connectivity index (χ0) is 25.4. The Balaban J connectivity index is 1.65. The third-order valence-electron chi connectivity index (χ3n) is 4.81. The van der Waals surface area contributed by atoms with Gasteiger partial charge in [-0.3, -0.25) is 10.1 Å². The number of carbonyl (C=O) groups excluding carboxylic acids is 2. The van der Waals surface area contributed by atoms with Crippen molar-refractivity contribution >= 4 is 17.6 Å². The van der Waals surface area contributed by atoms with Gasteiger partial charge in [0, 0.05) is 11.6 Å². The molecule has 180 valence electrons. The average molecular weight is 477 g/mol. The molecule has 35 heavy (non-hydrogen) atoms. The minimum Gasteiger partial charge on any atom is -0.497 e. The summed E-state index contributed by atoms with van der Waals surface area (Å²) >= 11 is 0. The molecule has 0 radical (unpaired) electrons. The highest BCUT2D eigenvalue weighted by Crippen LogP contribution is 2.33. The number of ether oxygens (including phenoxy) is 4. The second-order valence-electron chi connectivity index (χ2n) is 7.35. The molecule has 3 rings (SSSR count). The Hall–Kier alpha value is -4.66. The van der Waals surface area contributed by atoms with Crippen molar-refractivity contribution in [1.29, 1.82) is 0 Å². The molecule has 0 amide bonds. The van der Waals surface area contributed by atoms with E-state index in [1.165, 1.54) is 24.3 Å². The molecular formula is C26H23NO8. The maximum absolute atomic E-state index is 12.6. The van der Waals surface area contributed by atoms with Crippen molar-refractivity contribution in [2.24, 2.45) is 0 Å². The predicted octanol–water partition coefficient (Wildman–Crippen LogP) is 4.99. The molecule has 0 spiro atoms. The molecule has 0 saturated carbocycles. The summed E-state index contributed by atoms with van der Waals surface area (Å²) in [6.45, 7) is 5.20. The van der Waals surface area contributed by atoms with Crippen molar-refractivity contribution in [3.8, 4) is 28.4 Å². The van der Waals surface area contributed by atoms with E-state index in [9.17, 15) is 19.7 Å². The molecular weight excluding hydrogens is 454 g/mol. The number of nitro groups is 1. The van der Waals surface area contributed by atoms with Crippen molar-refractivity contribution in [2.75, 3.05) is 20.3 Å². The van der Waals surface area contributed by atoms with Crippen molar-refractivity contribution in [3.05, 3.63) is 94.6 Å². The van der Waals surface area contributed by atoms with E-state index < -0.39 is 16.9 Å². The summed E-state index contributed by atoms with van der Waals surface area (Å²) in [5.41, 5.74) is 1.48. The lowest BCUT2D eigenvalue weighted by Gasteiger charge is -2.09. The van der Waals surface area contributed by atoms with Crippen LogP contribution in [0.2, 0.25) is 0 Å². The molecule has 0 heterocycles. The summed E-state index contributed by atoms with van der Waals surface area (Å²) in [5.74, 6) is -0.318. The highest BCUT2D eigenvalue weighted by Gasteiger charge is 2.20. The van der Waals surface area contributed by atoms with E-state index in [1.807, 2.05) is 0 Å². The topological polar surface area (TPSA) is 114 Å². The summed E-state index contributed by atoms with van der Waals surface area (Å²) in [4.78, 5) is 34.9. The summed E-state index contributed by atoms with van der Waals surface area (Å²) in [6, 6.07) is 17.4. The van der Waals surface area contributed by atoms with Crippen LogP contribution in [0.5, 0.6) is 17.2 Å². The second-order valence-corrected chi connectivity index (χ2v) is 7.35. The molecule has 0 saturated heterocycles. The van der Waals surface area contributed by atoms with E-state index >= 15 is 0 Å². The number of rotatable bonds is 10. The number of nitrogens with zero attached hydrogens (tertiary/aromatic N) is 1. The Morgan fingerprint density at radius 3 is 2.14 bits per heavy atom. The van der Waals surface area contributed by atoms with Gasteiger partial charge >= 0.3 is 17.6 Å². The zero-order valence-corrected chi connectivity index (χ0v) is 19.2. The zero-order valence-electron chi connectivity index (χ0n) is 19.2. The lowest BCUT2D eigenvalue weighted by molar-refractivity contribution is -0.385. The monoisotopic (exact) mass is 477 g/mol. The van der Waals surface area contributed by atoms with E-state index in [-0.39, 0.29) is 30.2 Å². The van der Waals surface area contributed by atoms with Crippen LogP contribution >= 0.6 is 0 Å². The van der Waals surface area contributed by atoms with Crippen LogP contribution in [-0.2, 0) is 9.53 Å². The fraction of sp³-hybridized carbons (Fsp3) is 0.154. The van der Waals surface area contributed by atoms with E-state index in [0.29, 0.717) is 22.6 Å². The molecule has 0 fully saturated rings. The van der Waals surface area contributed by atoms with Crippen LogP contribution in [0, 0.1) is 10.1 Å². The van der Waals surface area contributed by atoms with Gasteiger partial charge in [-0.2, -0.15) is 0 Å². The summed E-state index contributed by atoms with van der Waals surface area (Å²) in [5, 5.41) is 11.6. The minimum atomic E-state index is -0.757. The lowest BCUT2D eigenvalue weighted by Crippen LogP contribution is -2.12. The first kappa shape index (κ1) is 25.0. The third-order valence-corrected chi connectivity index (χ3v) is 4.81. The van der Waals surface area contributed by atoms with E-state index in [2.05, 4.69) is 6.58 Å². The van der Waals surface area contributed by atoms with Crippen LogP contribution in [0.25, 0.3) is 11.1 Å². The number of hydrogen-bond acceptors (Lipinski definition) is 8. The molecule has 0 aliphatic rings. The quantitative estimate of drug-likeness (QED) is 0.100. The molecule has 3 aromatic carbocycles. The second kappa shape index (κ2) is 11.5. The first-order chi connectivity index (χ1) is 16.8. The number of nitro benzene ring substituents is 1. The Labute approximate surface area is 201 Å². The summed E-state index contributed by atoms with van der Waals surface area (Å²) in [7, 11) is 1.55. The van der Waals surface area contributed by atoms with Gasteiger partial charge in [0.15, 0.2) is 0 Å². The Kier molecular flexibility index (Phi) is 8.18. The predicted molar refractivity (Wildman–Crippen MR) is 128 cm³/mol.